The smallest absolute Gasteiger partial charge is 0.276 e. The zero-order valence-corrected chi connectivity index (χ0v) is 11.4. The van der Waals surface area contributed by atoms with Crippen LogP contribution in [-0.4, -0.2) is 10.9 Å². The first-order chi connectivity index (χ1) is 8.56. The highest BCUT2D eigenvalue weighted by Gasteiger charge is 2.11. The summed E-state index contributed by atoms with van der Waals surface area (Å²) in [7, 11) is 0. The Morgan fingerprint density at radius 2 is 2.17 bits per heavy atom. The number of hydrogen-bond donors (Lipinski definition) is 2. The number of aromatic nitrogens is 1. The van der Waals surface area contributed by atoms with E-state index in [2.05, 4.69) is 26.2 Å². The summed E-state index contributed by atoms with van der Waals surface area (Å²) in [5.74, 6) is -0.314. The number of pyridine rings is 1. The largest absolute Gasteiger partial charge is 0.397 e. The Morgan fingerprint density at radius 3 is 2.83 bits per heavy atom. The van der Waals surface area contributed by atoms with Crippen LogP contribution in [0.1, 0.15) is 16.1 Å². The number of carbonyl (C=O) groups excluding carboxylic acids is 1. The predicted octanol–water partition coefficient (Wildman–Crippen LogP) is 2.99. The maximum atomic E-state index is 12.0. The van der Waals surface area contributed by atoms with E-state index in [1.54, 1.807) is 12.1 Å². The molecule has 0 aliphatic heterocycles. The number of amides is 1. The summed E-state index contributed by atoms with van der Waals surface area (Å²) in [5, 5.41) is 2.77. The Hall–Kier alpha value is -1.88. The number of nitrogens with one attached hydrogen (secondary N) is 1. The van der Waals surface area contributed by atoms with E-state index < -0.39 is 0 Å². The number of nitrogens with two attached hydrogens (primary N) is 1. The van der Waals surface area contributed by atoms with Gasteiger partial charge in [-0.3, -0.25) is 4.79 Å². The minimum atomic E-state index is -0.314. The van der Waals surface area contributed by atoms with E-state index in [1.165, 1.54) is 6.20 Å². The number of nitrogen functional groups attached to an aromatic ring is 1. The third-order valence-corrected chi connectivity index (χ3v) is 2.81. The molecule has 2 aromatic rings. The Morgan fingerprint density at radius 1 is 1.39 bits per heavy atom. The van der Waals surface area contributed by atoms with Gasteiger partial charge >= 0.3 is 0 Å². The summed E-state index contributed by atoms with van der Waals surface area (Å²) < 4.78 is 0.909. The number of aryl methyl sites for hydroxylation is 1. The van der Waals surface area contributed by atoms with E-state index in [9.17, 15) is 4.79 Å². The number of anilines is 2. The van der Waals surface area contributed by atoms with Crippen LogP contribution >= 0.6 is 15.9 Å². The second-order valence-electron chi connectivity index (χ2n) is 3.91. The van der Waals surface area contributed by atoms with Crippen LogP contribution in [0.5, 0.6) is 0 Å². The van der Waals surface area contributed by atoms with Crippen LogP contribution in [0.25, 0.3) is 0 Å². The van der Waals surface area contributed by atoms with Gasteiger partial charge in [-0.1, -0.05) is 15.9 Å². The normalized spacial score (nSPS) is 10.1. The first-order valence-electron chi connectivity index (χ1n) is 5.35. The fourth-order valence-electron chi connectivity index (χ4n) is 1.61. The van der Waals surface area contributed by atoms with Crippen LogP contribution in [0.4, 0.5) is 11.4 Å². The maximum Gasteiger partial charge on any atom is 0.276 e. The molecule has 1 aromatic carbocycles. The van der Waals surface area contributed by atoms with Gasteiger partial charge in [0, 0.05) is 16.4 Å². The molecule has 1 heterocycles. The molecule has 92 valence electrons. The summed E-state index contributed by atoms with van der Waals surface area (Å²) in [5.41, 5.74) is 8.05. The van der Waals surface area contributed by atoms with Gasteiger partial charge in [-0.15, -0.1) is 0 Å². The van der Waals surface area contributed by atoms with E-state index in [-0.39, 0.29) is 11.6 Å². The van der Waals surface area contributed by atoms with Crippen LogP contribution in [-0.2, 0) is 0 Å². The molecular weight excluding hydrogens is 294 g/mol. The monoisotopic (exact) mass is 305 g/mol. The zero-order valence-electron chi connectivity index (χ0n) is 9.77. The Labute approximate surface area is 113 Å². The van der Waals surface area contributed by atoms with Crippen molar-refractivity contribution in [3.8, 4) is 0 Å². The van der Waals surface area contributed by atoms with E-state index in [1.807, 2.05) is 25.1 Å². The average Bonchev–Trinajstić information content (AvgIpc) is 2.27. The van der Waals surface area contributed by atoms with Crippen LogP contribution in [0.2, 0.25) is 0 Å². The summed E-state index contributed by atoms with van der Waals surface area (Å²) in [6.45, 7) is 1.95. The second-order valence-corrected chi connectivity index (χ2v) is 4.83. The lowest BCUT2D eigenvalue weighted by Gasteiger charge is -2.07. The number of carbonyl (C=O) groups is 1. The van der Waals surface area contributed by atoms with Crippen molar-refractivity contribution >= 4 is 33.2 Å². The van der Waals surface area contributed by atoms with Crippen molar-refractivity contribution in [1.82, 2.24) is 4.98 Å². The molecule has 0 spiro atoms. The standard InChI is InChI=1S/C13H12BrN3O/c1-8-5-9(14)7-10(6-8)17-13(18)12-11(15)3-2-4-16-12/h2-7H,15H2,1H3,(H,17,18). The van der Waals surface area contributed by atoms with Gasteiger partial charge < -0.3 is 11.1 Å². The lowest BCUT2D eigenvalue weighted by molar-refractivity contribution is 0.102. The quantitative estimate of drug-likeness (QED) is 0.896. The third kappa shape index (κ3) is 2.87. The van der Waals surface area contributed by atoms with E-state index >= 15 is 0 Å². The van der Waals surface area contributed by atoms with Crippen molar-refractivity contribution in [2.75, 3.05) is 11.1 Å². The average molecular weight is 306 g/mol. The molecule has 3 N–H and O–H groups in total. The Kier molecular flexibility index (Phi) is 3.62. The molecule has 0 fully saturated rings. The van der Waals surface area contributed by atoms with Crippen LogP contribution < -0.4 is 11.1 Å². The van der Waals surface area contributed by atoms with Crippen LogP contribution in [0.3, 0.4) is 0 Å². The number of halogens is 1. The van der Waals surface area contributed by atoms with Crippen molar-refractivity contribution in [3.05, 3.63) is 52.3 Å². The molecule has 0 aliphatic carbocycles. The van der Waals surface area contributed by atoms with E-state index in [4.69, 9.17) is 5.73 Å². The van der Waals surface area contributed by atoms with Gasteiger partial charge in [-0.2, -0.15) is 0 Å². The molecule has 1 amide bonds. The SMILES string of the molecule is Cc1cc(Br)cc(NC(=O)c2ncccc2N)c1. The molecule has 0 unspecified atom stereocenters. The summed E-state index contributed by atoms with van der Waals surface area (Å²) >= 11 is 3.38. The molecule has 0 atom stereocenters. The first-order valence-corrected chi connectivity index (χ1v) is 6.14. The summed E-state index contributed by atoms with van der Waals surface area (Å²) in [6.07, 6.45) is 1.54. The summed E-state index contributed by atoms with van der Waals surface area (Å²) in [6, 6.07) is 9.00. The molecule has 0 saturated heterocycles. The molecule has 18 heavy (non-hydrogen) atoms. The predicted molar refractivity (Wildman–Crippen MR) is 75.5 cm³/mol. The van der Waals surface area contributed by atoms with Gasteiger partial charge in [-0.05, 0) is 42.8 Å². The molecule has 2 rings (SSSR count). The number of benzene rings is 1. The molecular formula is C13H12BrN3O. The minimum Gasteiger partial charge on any atom is -0.397 e. The lowest BCUT2D eigenvalue weighted by atomic mass is 10.2. The second kappa shape index (κ2) is 5.18. The van der Waals surface area contributed by atoms with E-state index in [0.717, 1.165) is 10.0 Å². The maximum absolute atomic E-state index is 12.0. The van der Waals surface area contributed by atoms with Crippen molar-refractivity contribution in [2.45, 2.75) is 6.92 Å². The van der Waals surface area contributed by atoms with Crippen molar-refractivity contribution < 1.29 is 4.79 Å². The van der Waals surface area contributed by atoms with Crippen LogP contribution in [0, 0.1) is 6.92 Å². The van der Waals surface area contributed by atoms with Gasteiger partial charge in [0.05, 0.1) is 5.69 Å². The molecule has 1 aromatic heterocycles. The van der Waals surface area contributed by atoms with Gasteiger partial charge in [-0.25, -0.2) is 4.98 Å². The molecule has 0 aliphatic rings. The van der Waals surface area contributed by atoms with Gasteiger partial charge in [0.25, 0.3) is 5.91 Å². The number of hydrogen-bond acceptors (Lipinski definition) is 3. The minimum absolute atomic E-state index is 0.232. The lowest BCUT2D eigenvalue weighted by Crippen LogP contribution is -2.15. The highest BCUT2D eigenvalue weighted by molar-refractivity contribution is 9.10. The molecule has 0 radical (unpaired) electrons. The number of rotatable bonds is 2. The topological polar surface area (TPSA) is 68.0 Å². The Balaban J connectivity index is 2.24. The van der Waals surface area contributed by atoms with Crippen LogP contribution in [0.15, 0.2) is 41.0 Å². The van der Waals surface area contributed by atoms with Crippen molar-refractivity contribution in [1.29, 1.82) is 0 Å². The van der Waals surface area contributed by atoms with Gasteiger partial charge in [0.1, 0.15) is 0 Å². The van der Waals surface area contributed by atoms with Gasteiger partial charge in [0.15, 0.2) is 5.69 Å². The van der Waals surface area contributed by atoms with Gasteiger partial charge in [0.2, 0.25) is 0 Å². The fourth-order valence-corrected chi connectivity index (χ4v) is 2.21. The summed E-state index contributed by atoms with van der Waals surface area (Å²) in [4.78, 5) is 16.0. The van der Waals surface area contributed by atoms with Crippen molar-refractivity contribution in [3.63, 3.8) is 0 Å². The molecule has 4 nitrogen and oxygen atoms in total. The fraction of sp³-hybridized carbons (Fsp3) is 0.0769. The molecule has 5 heteroatoms. The third-order valence-electron chi connectivity index (χ3n) is 2.35. The highest BCUT2D eigenvalue weighted by Crippen LogP contribution is 2.20. The zero-order chi connectivity index (χ0) is 13.1. The first kappa shape index (κ1) is 12.6. The van der Waals surface area contributed by atoms with E-state index in [0.29, 0.717) is 11.4 Å². The molecule has 0 saturated carbocycles. The highest BCUT2D eigenvalue weighted by atomic mass is 79.9. The Bertz CT molecular complexity index is 578. The van der Waals surface area contributed by atoms with Crippen molar-refractivity contribution in [2.24, 2.45) is 0 Å². The number of nitrogens with zero attached hydrogens (tertiary/aromatic N) is 1. The molecule has 0 bridgehead atoms.